The SMILES string of the molecule is c1cc2ccc3c(c2o1)OCCO3. The van der Waals surface area contributed by atoms with Gasteiger partial charge in [-0.1, -0.05) is 0 Å². The van der Waals surface area contributed by atoms with Crippen molar-refractivity contribution in [2.24, 2.45) is 0 Å². The minimum absolute atomic E-state index is 0.590. The van der Waals surface area contributed by atoms with Crippen LogP contribution in [-0.4, -0.2) is 13.2 Å². The van der Waals surface area contributed by atoms with Crippen LogP contribution < -0.4 is 9.47 Å². The zero-order valence-electron chi connectivity index (χ0n) is 6.95. The summed E-state index contributed by atoms with van der Waals surface area (Å²) < 4.78 is 16.2. The van der Waals surface area contributed by atoms with Crippen molar-refractivity contribution in [3.63, 3.8) is 0 Å². The van der Waals surface area contributed by atoms with E-state index in [1.54, 1.807) is 6.26 Å². The van der Waals surface area contributed by atoms with Crippen molar-refractivity contribution in [2.45, 2.75) is 0 Å². The molecule has 0 saturated heterocycles. The van der Waals surface area contributed by atoms with Gasteiger partial charge in [0.15, 0.2) is 11.3 Å². The molecule has 0 aliphatic carbocycles. The lowest BCUT2D eigenvalue weighted by molar-refractivity contribution is 0.172. The minimum atomic E-state index is 0.590. The van der Waals surface area contributed by atoms with Gasteiger partial charge in [0.25, 0.3) is 0 Å². The average molecular weight is 176 g/mol. The van der Waals surface area contributed by atoms with Crippen LogP contribution in [0, 0.1) is 0 Å². The number of fused-ring (bicyclic) bond motifs is 3. The summed E-state index contributed by atoms with van der Waals surface area (Å²) in [7, 11) is 0. The van der Waals surface area contributed by atoms with Gasteiger partial charge in [0.1, 0.15) is 13.2 Å². The van der Waals surface area contributed by atoms with Gasteiger partial charge in [-0.15, -0.1) is 0 Å². The highest BCUT2D eigenvalue weighted by Gasteiger charge is 2.16. The predicted octanol–water partition coefficient (Wildman–Crippen LogP) is 2.20. The highest BCUT2D eigenvalue weighted by Crippen LogP contribution is 2.37. The Morgan fingerprint density at radius 1 is 1.00 bits per heavy atom. The molecular formula is C10H8O3. The monoisotopic (exact) mass is 176 g/mol. The molecule has 0 N–H and O–H groups in total. The zero-order valence-corrected chi connectivity index (χ0v) is 6.95. The molecule has 1 aromatic carbocycles. The number of ether oxygens (including phenoxy) is 2. The van der Waals surface area contributed by atoms with Gasteiger partial charge in [0.05, 0.1) is 6.26 Å². The lowest BCUT2D eigenvalue weighted by Crippen LogP contribution is -2.15. The highest BCUT2D eigenvalue weighted by atomic mass is 16.6. The Labute approximate surface area is 74.9 Å². The van der Waals surface area contributed by atoms with Crippen molar-refractivity contribution in [2.75, 3.05) is 13.2 Å². The normalized spacial score (nSPS) is 14.8. The first-order chi connectivity index (χ1) is 6.45. The first kappa shape index (κ1) is 6.83. The molecule has 1 aliphatic heterocycles. The third-order valence-corrected chi connectivity index (χ3v) is 2.13. The van der Waals surface area contributed by atoms with Gasteiger partial charge in [-0.3, -0.25) is 0 Å². The van der Waals surface area contributed by atoms with Crippen LogP contribution in [0.5, 0.6) is 11.5 Å². The van der Waals surface area contributed by atoms with Crippen LogP contribution in [0.2, 0.25) is 0 Å². The van der Waals surface area contributed by atoms with E-state index in [-0.39, 0.29) is 0 Å². The van der Waals surface area contributed by atoms with E-state index in [1.165, 1.54) is 0 Å². The Morgan fingerprint density at radius 2 is 1.92 bits per heavy atom. The van der Waals surface area contributed by atoms with Gasteiger partial charge >= 0.3 is 0 Å². The molecule has 1 aromatic heterocycles. The van der Waals surface area contributed by atoms with Crippen LogP contribution in [0.15, 0.2) is 28.9 Å². The molecule has 2 aromatic rings. The van der Waals surface area contributed by atoms with Gasteiger partial charge in [-0.05, 0) is 18.2 Å². The highest BCUT2D eigenvalue weighted by molar-refractivity contribution is 5.85. The van der Waals surface area contributed by atoms with Crippen LogP contribution in [0.4, 0.5) is 0 Å². The standard InChI is InChI=1S/C10H8O3/c1-2-8-10(13-6-5-11-8)9-7(1)3-4-12-9/h1-4H,5-6H2. The summed E-state index contributed by atoms with van der Waals surface area (Å²) in [5, 5.41) is 1.05. The van der Waals surface area contributed by atoms with E-state index < -0.39 is 0 Å². The van der Waals surface area contributed by atoms with E-state index in [1.807, 2.05) is 18.2 Å². The largest absolute Gasteiger partial charge is 0.486 e. The predicted molar refractivity (Wildman–Crippen MR) is 47.2 cm³/mol. The average Bonchev–Trinajstić information content (AvgIpc) is 2.65. The van der Waals surface area contributed by atoms with Gasteiger partial charge in [0, 0.05) is 5.39 Å². The van der Waals surface area contributed by atoms with Crippen LogP contribution in [-0.2, 0) is 0 Å². The fourth-order valence-electron chi connectivity index (χ4n) is 1.53. The maximum absolute atomic E-state index is 5.48. The molecule has 3 nitrogen and oxygen atoms in total. The Morgan fingerprint density at radius 3 is 2.92 bits per heavy atom. The second kappa shape index (κ2) is 2.42. The molecular weight excluding hydrogens is 168 g/mol. The van der Waals surface area contributed by atoms with Gasteiger partial charge < -0.3 is 13.9 Å². The molecule has 0 bridgehead atoms. The number of rotatable bonds is 0. The molecule has 0 radical (unpaired) electrons. The van der Waals surface area contributed by atoms with Gasteiger partial charge in [-0.25, -0.2) is 0 Å². The lowest BCUT2D eigenvalue weighted by atomic mass is 10.2. The van der Waals surface area contributed by atoms with Crippen molar-refractivity contribution in [1.82, 2.24) is 0 Å². The van der Waals surface area contributed by atoms with Crippen LogP contribution in [0.25, 0.3) is 11.0 Å². The molecule has 0 atom stereocenters. The topological polar surface area (TPSA) is 31.6 Å². The summed E-state index contributed by atoms with van der Waals surface area (Å²) >= 11 is 0. The zero-order chi connectivity index (χ0) is 8.67. The Balaban J connectivity index is 2.34. The molecule has 0 amide bonds. The summed E-state index contributed by atoms with van der Waals surface area (Å²) in [6.45, 7) is 1.20. The third kappa shape index (κ3) is 0.900. The van der Waals surface area contributed by atoms with Gasteiger partial charge in [0.2, 0.25) is 5.75 Å². The summed E-state index contributed by atoms with van der Waals surface area (Å²) in [6, 6.07) is 5.78. The number of hydrogen-bond donors (Lipinski definition) is 0. The van der Waals surface area contributed by atoms with Crippen molar-refractivity contribution in [3.05, 3.63) is 24.5 Å². The Hall–Kier alpha value is -1.64. The van der Waals surface area contributed by atoms with Crippen LogP contribution in [0.1, 0.15) is 0 Å². The smallest absolute Gasteiger partial charge is 0.204 e. The maximum Gasteiger partial charge on any atom is 0.204 e. The van der Waals surface area contributed by atoms with E-state index in [0.717, 1.165) is 22.5 Å². The minimum Gasteiger partial charge on any atom is -0.486 e. The molecule has 2 heterocycles. The van der Waals surface area contributed by atoms with E-state index in [0.29, 0.717) is 13.2 Å². The van der Waals surface area contributed by atoms with Crippen molar-refractivity contribution in [3.8, 4) is 11.5 Å². The van der Waals surface area contributed by atoms with Crippen molar-refractivity contribution >= 4 is 11.0 Å². The summed E-state index contributed by atoms with van der Waals surface area (Å²) in [4.78, 5) is 0. The number of benzene rings is 1. The van der Waals surface area contributed by atoms with E-state index in [9.17, 15) is 0 Å². The second-order valence-electron chi connectivity index (χ2n) is 2.93. The molecule has 0 spiro atoms. The quantitative estimate of drug-likeness (QED) is 0.616. The van der Waals surface area contributed by atoms with Crippen LogP contribution in [0.3, 0.4) is 0 Å². The van der Waals surface area contributed by atoms with E-state index in [4.69, 9.17) is 13.9 Å². The maximum atomic E-state index is 5.48. The number of furan rings is 1. The molecule has 66 valence electrons. The molecule has 13 heavy (non-hydrogen) atoms. The number of hydrogen-bond acceptors (Lipinski definition) is 3. The van der Waals surface area contributed by atoms with Crippen molar-refractivity contribution < 1.29 is 13.9 Å². The fraction of sp³-hybridized carbons (Fsp3) is 0.200. The summed E-state index contributed by atoms with van der Waals surface area (Å²) in [5.41, 5.74) is 0.775. The Bertz CT molecular complexity index is 444. The lowest BCUT2D eigenvalue weighted by Gasteiger charge is -2.17. The summed E-state index contributed by atoms with van der Waals surface area (Å²) in [5.74, 6) is 1.50. The van der Waals surface area contributed by atoms with E-state index >= 15 is 0 Å². The van der Waals surface area contributed by atoms with Crippen LogP contribution >= 0.6 is 0 Å². The summed E-state index contributed by atoms with van der Waals surface area (Å²) in [6.07, 6.45) is 1.66. The Kier molecular flexibility index (Phi) is 1.27. The fourth-order valence-corrected chi connectivity index (χ4v) is 1.53. The third-order valence-electron chi connectivity index (χ3n) is 2.13. The molecule has 1 aliphatic rings. The first-order valence-corrected chi connectivity index (χ1v) is 4.21. The molecule has 0 saturated carbocycles. The van der Waals surface area contributed by atoms with Crippen molar-refractivity contribution in [1.29, 1.82) is 0 Å². The second-order valence-corrected chi connectivity index (χ2v) is 2.93. The molecule has 3 heteroatoms. The first-order valence-electron chi connectivity index (χ1n) is 4.21. The molecule has 3 rings (SSSR count). The van der Waals surface area contributed by atoms with Gasteiger partial charge in [-0.2, -0.15) is 0 Å². The molecule has 0 unspecified atom stereocenters. The molecule has 0 fully saturated rings. The van der Waals surface area contributed by atoms with E-state index in [2.05, 4.69) is 0 Å².